The zero-order valence-corrected chi connectivity index (χ0v) is 11.4. The summed E-state index contributed by atoms with van der Waals surface area (Å²) in [6.07, 6.45) is 4.83. The number of nitrogens with zero attached hydrogens (tertiary/aromatic N) is 1. The van der Waals surface area contributed by atoms with Gasteiger partial charge in [0.2, 0.25) is 0 Å². The highest BCUT2D eigenvalue weighted by molar-refractivity contribution is 4.97. The molecule has 0 aromatic heterocycles. The van der Waals surface area contributed by atoms with E-state index in [0.29, 0.717) is 6.61 Å². The minimum atomic E-state index is 0.0813. The van der Waals surface area contributed by atoms with E-state index < -0.39 is 0 Å². The average Bonchev–Trinajstić information content (AvgIpc) is 2.62. The van der Waals surface area contributed by atoms with Gasteiger partial charge in [0.25, 0.3) is 0 Å². The molecule has 0 aromatic rings. The van der Waals surface area contributed by atoms with Gasteiger partial charge in [-0.15, -0.1) is 0 Å². The van der Waals surface area contributed by atoms with Gasteiger partial charge in [0.1, 0.15) is 0 Å². The number of hydrogen-bond donors (Lipinski definition) is 2. The van der Waals surface area contributed by atoms with Crippen LogP contribution in [0.5, 0.6) is 0 Å². The molecule has 100 valence electrons. The third-order valence-corrected chi connectivity index (χ3v) is 5.04. The molecule has 1 aliphatic carbocycles. The van der Waals surface area contributed by atoms with E-state index in [0.717, 1.165) is 38.0 Å². The summed E-state index contributed by atoms with van der Waals surface area (Å²) in [6.45, 7) is 9.50. The van der Waals surface area contributed by atoms with Crippen molar-refractivity contribution in [1.82, 2.24) is 10.2 Å². The van der Waals surface area contributed by atoms with Crippen LogP contribution in [0.15, 0.2) is 0 Å². The van der Waals surface area contributed by atoms with Gasteiger partial charge in [0.15, 0.2) is 0 Å². The molecule has 3 nitrogen and oxygen atoms in total. The summed E-state index contributed by atoms with van der Waals surface area (Å²) >= 11 is 0. The first-order chi connectivity index (χ1) is 8.18. The molecule has 1 saturated heterocycles. The molecule has 0 radical (unpaired) electrons. The normalized spacial score (nSPS) is 41.1. The zero-order valence-electron chi connectivity index (χ0n) is 11.4. The van der Waals surface area contributed by atoms with Crippen LogP contribution in [-0.4, -0.2) is 48.3 Å². The second kappa shape index (κ2) is 5.68. The summed E-state index contributed by atoms with van der Waals surface area (Å²) in [5.74, 6) is 1.56. The molecule has 0 spiro atoms. The zero-order chi connectivity index (χ0) is 12.3. The first-order valence-electron chi connectivity index (χ1n) is 7.24. The lowest BCUT2D eigenvalue weighted by atomic mass is 9.70. The fourth-order valence-corrected chi connectivity index (χ4v) is 3.53. The predicted molar refractivity (Wildman–Crippen MR) is 71.1 cm³/mol. The van der Waals surface area contributed by atoms with E-state index in [9.17, 15) is 5.11 Å². The molecular weight excluding hydrogens is 212 g/mol. The molecule has 3 atom stereocenters. The number of aliphatic hydroxyl groups excluding tert-OH is 1. The van der Waals surface area contributed by atoms with Crippen LogP contribution in [0.2, 0.25) is 0 Å². The second-order valence-corrected chi connectivity index (χ2v) is 6.17. The number of nitrogens with one attached hydrogen (secondary N) is 1. The van der Waals surface area contributed by atoms with Gasteiger partial charge in [-0.2, -0.15) is 0 Å². The topological polar surface area (TPSA) is 35.5 Å². The highest BCUT2D eigenvalue weighted by Gasteiger charge is 2.41. The van der Waals surface area contributed by atoms with E-state index in [1.165, 1.54) is 25.7 Å². The monoisotopic (exact) mass is 240 g/mol. The van der Waals surface area contributed by atoms with Gasteiger partial charge in [-0.25, -0.2) is 0 Å². The van der Waals surface area contributed by atoms with E-state index in [1.807, 2.05) is 0 Å². The van der Waals surface area contributed by atoms with E-state index >= 15 is 0 Å². The Hall–Kier alpha value is -0.120. The number of aliphatic hydroxyl groups is 1. The molecule has 1 heterocycles. The minimum absolute atomic E-state index is 0.0813. The molecular formula is C14H28N2O. The molecule has 2 N–H and O–H groups in total. The second-order valence-electron chi connectivity index (χ2n) is 6.17. The van der Waals surface area contributed by atoms with Crippen LogP contribution in [0.25, 0.3) is 0 Å². The van der Waals surface area contributed by atoms with Crippen LogP contribution < -0.4 is 5.32 Å². The maximum Gasteiger partial charge on any atom is 0.0615 e. The summed E-state index contributed by atoms with van der Waals surface area (Å²) in [5.41, 5.74) is 0.0813. The molecule has 0 amide bonds. The lowest BCUT2D eigenvalue weighted by Gasteiger charge is -2.48. The summed E-state index contributed by atoms with van der Waals surface area (Å²) in [5, 5.41) is 13.4. The highest BCUT2D eigenvalue weighted by atomic mass is 16.3. The third-order valence-electron chi connectivity index (χ3n) is 5.04. The lowest BCUT2D eigenvalue weighted by molar-refractivity contribution is -0.0223. The van der Waals surface area contributed by atoms with Crippen LogP contribution in [0, 0.1) is 11.8 Å². The van der Waals surface area contributed by atoms with E-state index in [2.05, 4.69) is 24.1 Å². The van der Waals surface area contributed by atoms with Crippen molar-refractivity contribution < 1.29 is 5.11 Å². The van der Waals surface area contributed by atoms with Gasteiger partial charge in [-0.05, 0) is 44.1 Å². The fourth-order valence-electron chi connectivity index (χ4n) is 3.53. The summed E-state index contributed by atoms with van der Waals surface area (Å²) < 4.78 is 0. The van der Waals surface area contributed by atoms with Crippen molar-refractivity contribution in [3.05, 3.63) is 0 Å². The molecule has 2 aliphatic rings. The molecule has 1 aliphatic heterocycles. The van der Waals surface area contributed by atoms with Crippen molar-refractivity contribution in [1.29, 1.82) is 0 Å². The predicted octanol–water partition coefficient (Wildman–Crippen LogP) is 1.47. The van der Waals surface area contributed by atoms with E-state index in [4.69, 9.17) is 0 Å². The van der Waals surface area contributed by atoms with Crippen LogP contribution >= 0.6 is 0 Å². The van der Waals surface area contributed by atoms with Crippen molar-refractivity contribution >= 4 is 0 Å². The van der Waals surface area contributed by atoms with Crippen molar-refractivity contribution in [3.63, 3.8) is 0 Å². The number of hydrogen-bond acceptors (Lipinski definition) is 3. The Morgan fingerprint density at radius 1 is 1.24 bits per heavy atom. The molecule has 0 bridgehead atoms. The van der Waals surface area contributed by atoms with E-state index in [-0.39, 0.29) is 5.54 Å². The van der Waals surface area contributed by atoms with Crippen LogP contribution in [0.4, 0.5) is 0 Å². The summed E-state index contributed by atoms with van der Waals surface area (Å²) in [4.78, 5) is 2.56. The summed E-state index contributed by atoms with van der Waals surface area (Å²) in [6, 6.07) is 0. The summed E-state index contributed by atoms with van der Waals surface area (Å²) in [7, 11) is 0. The number of rotatable bonds is 2. The molecule has 2 fully saturated rings. The Morgan fingerprint density at radius 3 is 2.76 bits per heavy atom. The molecule has 3 unspecified atom stereocenters. The minimum Gasteiger partial charge on any atom is -0.394 e. The molecule has 17 heavy (non-hydrogen) atoms. The Labute approximate surface area is 106 Å². The van der Waals surface area contributed by atoms with Gasteiger partial charge in [0.05, 0.1) is 6.61 Å². The highest BCUT2D eigenvalue weighted by Crippen LogP contribution is 2.39. The molecule has 2 rings (SSSR count). The van der Waals surface area contributed by atoms with Crippen LogP contribution in [0.3, 0.4) is 0 Å². The fraction of sp³-hybridized carbons (Fsp3) is 1.00. The first kappa shape index (κ1) is 13.3. The smallest absolute Gasteiger partial charge is 0.0615 e. The van der Waals surface area contributed by atoms with Gasteiger partial charge in [0, 0.05) is 25.2 Å². The molecule has 0 aromatic carbocycles. The van der Waals surface area contributed by atoms with Crippen molar-refractivity contribution in [2.24, 2.45) is 11.8 Å². The van der Waals surface area contributed by atoms with Crippen LogP contribution in [0.1, 0.15) is 39.5 Å². The first-order valence-corrected chi connectivity index (χ1v) is 7.24. The molecule has 1 saturated carbocycles. The van der Waals surface area contributed by atoms with Crippen molar-refractivity contribution in [2.45, 2.75) is 45.1 Å². The third kappa shape index (κ3) is 2.83. The SMILES string of the molecule is CC1CCC(CO)(N2CCCNCC2)CC1C. The Balaban J connectivity index is 2.07. The largest absolute Gasteiger partial charge is 0.394 e. The van der Waals surface area contributed by atoms with Crippen molar-refractivity contribution in [2.75, 3.05) is 32.8 Å². The quantitative estimate of drug-likeness (QED) is 0.767. The van der Waals surface area contributed by atoms with Gasteiger partial charge in [-0.3, -0.25) is 4.90 Å². The lowest BCUT2D eigenvalue weighted by Crippen LogP contribution is -2.56. The Bertz CT molecular complexity index is 238. The van der Waals surface area contributed by atoms with Gasteiger partial charge >= 0.3 is 0 Å². The maximum absolute atomic E-state index is 9.93. The maximum atomic E-state index is 9.93. The van der Waals surface area contributed by atoms with E-state index in [1.54, 1.807) is 0 Å². The van der Waals surface area contributed by atoms with Gasteiger partial charge < -0.3 is 10.4 Å². The Kier molecular flexibility index (Phi) is 4.45. The van der Waals surface area contributed by atoms with Crippen LogP contribution in [-0.2, 0) is 0 Å². The molecule has 3 heteroatoms. The average molecular weight is 240 g/mol. The van der Waals surface area contributed by atoms with Gasteiger partial charge in [-0.1, -0.05) is 13.8 Å². The Morgan fingerprint density at radius 2 is 2.06 bits per heavy atom. The standard InChI is InChI=1S/C14H28N2O/c1-12-4-5-14(11-17,10-13(12)2)16-8-3-6-15-7-9-16/h12-13,15,17H,3-11H2,1-2H3. The van der Waals surface area contributed by atoms with Crippen molar-refractivity contribution in [3.8, 4) is 0 Å².